The van der Waals surface area contributed by atoms with Gasteiger partial charge in [-0.2, -0.15) is 0 Å². The second-order valence-electron chi connectivity index (χ2n) is 5.56. The quantitative estimate of drug-likeness (QED) is 0.753. The maximum Gasteiger partial charge on any atom is 0.0613 e. The molecule has 3 nitrogen and oxygen atoms in total. The van der Waals surface area contributed by atoms with Crippen LogP contribution in [0, 0.1) is 0 Å². The van der Waals surface area contributed by atoms with E-state index in [1.807, 2.05) is 0 Å². The van der Waals surface area contributed by atoms with Crippen LogP contribution in [0.4, 0.5) is 0 Å². The molecule has 94 valence electrons. The minimum atomic E-state index is 0.0119. The summed E-state index contributed by atoms with van der Waals surface area (Å²) < 4.78 is 5.65. The fourth-order valence-corrected chi connectivity index (χ4v) is 3.21. The summed E-state index contributed by atoms with van der Waals surface area (Å²) in [6, 6.07) is 0.452. The van der Waals surface area contributed by atoms with Crippen molar-refractivity contribution >= 4 is 0 Å². The number of hydrogen-bond acceptors (Lipinski definition) is 3. The zero-order valence-corrected chi connectivity index (χ0v) is 10.4. The van der Waals surface area contributed by atoms with Crippen molar-refractivity contribution in [1.82, 2.24) is 5.32 Å². The summed E-state index contributed by atoms with van der Waals surface area (Å²) >= 11 is 0. The van der Waals surface area contributed by atoms with E-state index < -0.39 is 0 Å². The molecular formula is C13H25NO2. The molecule has 1 aliphatic carbocycles. The first-order chi connectivity index (χ1) is 7.74. The summed E-state index contributed by atoms with van der Waals surface area (Å²) in [5, 5.41) is 13.2. The van der Waals surface area contributed by atoms with Crippen molar-refractivity contribution in [3.05, 3.63) is 0 Å². The Bertz CT molecular complexity index is 208. The van der Waals surface area contributed by atoms with Gasteiger partial charge in [0.15, 0.2) is 0 Å². The highest BCUT2D eigenvalue weighted by Crippen LogP contribution is 2.30. The van der Waals surface area contributed by atoms with Gasteiger partial charge in [0.1, 0.15) is 0 Å². The monoisotopic (exact) mass is 227 g/mol. The lowest BCUT2D eigenvalue weighted by Gasteiger charge is -2.32. The van der Waals surface area contributed by atoms with Gasteiger partial charge in [-0.1, -0.05) is 12.8 Å². The van der Waals surface area contributed by atoms with Crippen LogP contribution in [-0.2, 0) is 4.74 Å². The minimum Gasteiger partial charge on any atom is -0.394 e. The van der Waals surface area contributed by atoms with Gasteiger partial charge in [0.2, 0.25) is 0 Å². The molecule has 1 heterocycles. The summed E-state index contributed by atoms with van der Waals surface area (Å²) in [7, 11) is 0. The van der Waals surface area contributed by atoms with Crippen molar-refractivity contribution in [2.75, 3.05) is 13.2 Å². The second kappa shape index (κ2) is 5.48. The molecule has 16 heavy (non-hydrogen) atoms. The normalized spacial score (nSPS) is 30.8. The molecule has 0 aromatic carbocycles. The molecule has 0 bridgehead atoms. The first-order valence-corrected chi connectivity index (χ1v) is 6.74. The van der Waals surface area contributed by atoms with Crippen LogP contribution in [0.5, 0.6) is 0 Å². The third-order valence-electron chi connectivity index (χ3n) is 4.06. The average Bonchev–Trinajstić information content (AvgIpc) is 2.90. The van der Waals surface area contributed by atoms with Crippen molar-refractivity contribution in [3.63, 3.8) is 0 Å². The summed E-state index contributed by atoms with van der Waals surface area (Å²) in [5.41, 5.74) is 0.0119. The van der Waals surface area contributed by atoms with Crippen LogP contribution < -0.4 is 5.32 Å². The van der Waals surface area contributed by atoms with E-state index in [2.05, 4.69) is 12.2 Å². The minimum absolute atomic E-state index is 0.0119. The van der Waals surface area contributed by atoms with E-state index in [0.29, 0.717) is 12.1 Å². The molecule has 2 unspecified atom stereocenters. The fraction of sp³-hybridized carbons (Fsp3) is 1.00. The van der Waals surface area contributed by atoms with Crippen LogP contribution in [0.3, 0.4) is 0 Å². The molecule has 1 saturated heterocycles. The van der Waals surface area contributed by atoms with Gasteiger partial charge in [-0.3, -0.25) is 0 Å². The first kappa shape index (κ1) is 12.3. The molecule has 0 spiro atoms. The SMILES string of the molecule is CC(CC1CCCO1)NC1(CO)CCCC1. The Kier molecular flexibility index (Phi) is 4.22. The Morgan fingerprint density at radius 2 is 2.12 bits per heavy atom. The molecule has 1 aliphatic heterocycles. The smallest absolute Gasteiger partial charge is 0.0613 e. The Hall–Kier alpha value is -0.120. The topological polar surface area (TPSA) is 41.5 Å². The maximum atomic E-state index is 9.53. The van der Waals surface area contributed by atoms with E-state index in [4.69, 9.17) is 4.74 Å². The highest BCUT2D eigenvalue weighted by atomic mass is 16.5. The largest absolute Gasteiger partial charge is 0.394 e. The van der Waals surface area contributed by atoms with E-state index in [1.165, 1.54) is 25.7 Å². The molecule has 2 atom stereocenters. The van der Waals surface area contributed by atoms with Gasteiger partial charge in [0.25, 0.3) is 0 Å². The summed E-state index contributed by atoms with van der Waals surface area (Å²) in [6.45, 7) is 3.43. The predicted molar refractivity (Wildman–Crippen MR) is 64.5 cm³/mol. The number of ether oxygens (including phenoxy) is 1. The fourth-order valence-electron chi connectivity index (χ4n) is 3.21. The molecule has 0 radical (unpaired) electrons. The number of aliphatic hydroxyl groups excluding tert-OH is 1. The van der Waals surface area contributed by atoms with Gasteiger partial charge in [-0.05, 0) is 39.0 Å². The van der Waals surface area contributed by atoms with E-state index in [1.54, 1.807) is 0 Å². The highest BCUT2D eigenvalue weighted by molar-refractivity contribution is 4.94. The van der Waals surface area contributed by atoms with Crippen LogP contribution in [0.15, 0.2) is 0 Å². The summed E-state index contributed by atoms with van der Waals surface area (Å²) in [6.07, 6.45) is 8.70. The third-order valence-corrected chi connectivity index (χ3v) is 4.06. The Morgan fingerprint density at radius 3 is 2.69 bits per heavy atom. The van der Waals surface area contributed by atoms with Crippen molar-refractivity contribution in [1.29, 1.82) is 0 Å². The molecule has 2 N–H and O–H groups in total. The molecule has 2 rings (SSSR count). The zero-order chi connectivity index (χ0) is 11.4. The molecule has 3 heteroatoms. The summed E-state index contributed by atoms with van der Waals surface area (Å²) in [4.78, 5) is 0. The molecule has 0 amide bonds. The van der Waals surface area contributed by atoms with Crippen LogP contribution in [-0.4, -0.2) is 36.0 Å². The summed E-state index contributed by atoms with van der Waals surface area (Å²) in [5.74, 6) is 0. The Labute approximate surface area is 98.6 Å². The maximum absolute atomic E-state index is 9.53. The van der Waals surface area contributed by atoms with E-state index in [-0.39, 0.29) is 12.1 Å². The van der Waals surface area contributed by atoms with Gasteiger partial charge < -0.3 is 15.2 Å². The standard InChI is InChI=1S/C13H25NO2/c1-11(9-12-5-4-8-16-12)14-13(10-15)6-2-3-7-13/h11-12,14-15H,2-10H2,1H3. The van der Waals surface area contributed by atoms with Gasteiger partial charge in [0.05, 0.1) is 12.7 Å². The molecular weight excluding hydrogens is 202 g/mol. The van der Waals surface area contributed by atoms with E-state index in [9.17, 15) is 5.11 Å². The van der Waals surface area contributed by atoms with Crippen LogP contribution >= 0.6 is 0 Å². The molecule has 0 aromatic heterocycles. The van der Waals surface area contributed by atoms with Crippen LogP contribution in [0.2, 0.25) is 0 Å². The van der Waals surface area contributed by atoms with Crippen molar-refractivity contribution in [2.24, 2.45) is 0 Å². The number of aliphatic hydroxyl groups is 1. The lowest BCUT2D eigenvalue weighted by Crippen LogP contribution is -2.51. The van der Waals surface area contributed by atoms with E-state index in [0.717, 1.165) is 25.9 Å². The highest BCUT2D eigenvalue weighted by Gasteiger charge is 2.34. The zero-order valence-electron chi connectivity index (χ0n) is 10.4. The number of nitrogens with one attached hydrogen (secondary N) is 1. The van der Waals surface area contributed by atoms with Crippen LogP contribution in [0.25, 0.3) is 0 Å². The average molecular weight is 227 g/mol. The molecule has 2 aliphatic rings. The Balaban J connectivity index is 1.78. The molecule has 1 saturated carbocycles. The number of hydrogen-bond donors (Lipinski definition) is 2. The second-order valence-corrected chi connectivity index (χ2v) is 5.56. The van der Waals surface area contributed by atoms with Crippen molar-refractivity contribution in [2.45, 2.75) is 69.6 Å². The lowest BCUT2D eigenvalue weighted by atomic mass is 9.96. The van der Waals surface area contributed by atoms with Gasteiger partial charge in [-0.15, -0.1) is 0 Å². The van der Waals surface area contributed by atoms with Crippen molar-refractivity contribution < 1.29 is 9.84 Å². The third kappa shape index (κ3) is 2.96. The van der Waals surface area contributed by atoms with Gasteiger partial charge in [0, 0.05) is 18.2 Å². The van der Waals surface area contributed by atoms with E-state index >= 15 is 0 Å². The van der Waals surface area contributed by atoms with Gasteiger partial charge in [-0.25, -0.2) is 0 Å². The lowest BCUT2D eigenvalue weighted by molar-refractivity contribution is 0.0847. The van der Waals surface area contributed by atoms with Gasteiger partial charge >= 0.3 is 0 Å². The Morgan fingerprint density at radius 1 is 1.38 bits per heavy atom. The number of rotatable bonds is 5. The molecule has 2 fully saturated rings. The van der Waals surface area contributed by atoms with Crippen molar-refractivity contribution in [3.8, 4) is 0 Å². The molecule has 0 aromatic rings. The van der Waals surface area contributed by atoms with Crippen LogP contribution in [0.1, 0.15) is 51.9 Å². The first-order valence-electron chi connectivity index (χ1n) is 6.74. The predicted octanol–water partition coefficient (Wildman–Crippen LogP) is 1.84.